The fourth-order valence-corrected chi connectivity index (χ4v) is 0.799. The Balaban J connectivity index is 0.000000222. The van der Waals surface area contributed by atoms with E-state index in [1.807, 2.05) is 0 Å². The van der Waals surface area contributed by atoms with Crippen molar-refractivity contribution in [1.82, 2.24) is 5.32 Å². The molecule has 1 rings (SSSR count). The van der Waals surface area contributed by atoms with Crippen molar-refractivity contribution >= 4 is 9.47 Å². The van der Waals surface area contributed by atoms with Gasteiger partial charge in [0.15, 0.2) is 0 Å². The average molecular weight is 135 g/mol. The van der Waals surface area contributed by atoms with Crippen molar-refractivity contribution in [1.29, 1.82) is 0 Å². The first-order valence-corrected chi connectivity index (χ1v) is 3.38. The van der Waals surface area contributed by atoms with Crippen LogP contribution >= 0.6 is 9.47 Å². The zero-order chi connectivity index (χ0) is 6.41. The van der Waals surface area contributed by atoms with E-state index >= 15 is 0 Å². The van der Waals surface area contributed by atoms with Crippen molar-refractivity contribution in [2.75, 3.05) is 13.1 Å². The lowest BCUT2D eigenvalue weighted by Crippen LogP contribution is -2.06. The second kappa shape index (κ2) is 5.49. The Bertz CT molecular complexity index is 45.7. The second-order valence-corrected chi connectivity index (χ2v) is 2.10. The van der Waals surface area contributed by atoms with E-state index in [-0.39, 0.29) is 0 Å². The maximum atomic E-state index is 6.92. The van der Waals surface area contributed by atoms with Gasteiger partial charge in [-0.05, 0) is 34.9 Å². The van der Waals surface area contributed by atoms with Gasteiger partial charge in [0, 0.05) is 0 Å². The highest BCUT2D eigenvalue weighted by Gasteiger charge is 2.06. The van der Waals surface area contributed by atoms with E-state index in [4.69, 9.17) is 4.89 Å². The summed E-state index contributed by atoms with van der Waals surface area (Å²) < 4.78 is 0. The van der Waals surface area contributed by atoms with Gasteiger partial charge in [0.2, 0.25) is 0 Å². The van der Waals surface area contributed by atoms with E-state index in [1.165, 1.54) is 29.0 Å². The second-order valence-electron chi connectivity index (χ2n) is 2.10. The summed E-state index contributed by atoms with van der Waals surface area (Å²) in [5.74, 6) is 0.935. The van der Waals surface area contributed by atoms with Gasteiger partial charge >= 0.3 is 0 Å². The van der Waals surface area contributed by atoms with Crippen molar-refractivity contribution in [3.05, 3.63) is 0 Å². The minimum absolute atomic E-state index is 0.935. The van der Waals surface area contributed by atoms with Gasteiger partial charge in [-0.3, -0.25) is 0 Å². The zero-order valence-electron chi connectivity index (χ0n) is 5.22. The highest BCUT2D eigenvalue weighted by atomic mass is 31.0. The summed E-state index contributed by atoms with van der Waals surface area (Å²) in [6, 6.07) is 0. The summed E-state index contributed by atoms with van der Waals surface area (Å²) in [7, 11) is 1.42. The van der Waals surface area contributed by atoms with Crippen molar-refractivity contribution in [3.8, 4) is 0 Å². The van der Waals surface area contributed by atoms with Crippen molar-refractivity contribution in [2.45, 2.75) is 13.3 Å². The Morgan fingerprint density at radius 1 is 1.62 bits per heavy atom. The summed E-state index contributed by atoms with van der Waals surface area (Å²) in [5, 5.41) is 3.27. The largest absolute Gasteiger partial charge is 0.380 e. The number of nitrogens with one attached hydrogen (secondary N) is 1. The number of hydrogen-bond donors (Lipinski definition) is 2. The fraction of sp³-hybridized carbons (Fsp3) is 1.00. The summed E-state index contributed by atoms with van der Waals surface area (Å²) >= 11 is 0. The molecule has 1 aliphatic rings. The smallest absolute Gasteiger partial charge is 0.00227 e. The van der Waals surface area contributed by atoms with Crippen LogP contribution in [-0.2, 0) is 0 Å². The first-order valence-electron chi connectivity index (χ1n) is 2.86. The summed E-state index contributed by atoms with van der Waals surface area (Å²) in [5.41, 5.74) is 0. The van der Waals surface area contributed by atoms with Crippen LogP contribution in [0.4, 0.5) is 0 Å². The van der Waals surface area contributed by atoms with Crippen LogP contribution in [0.15, 0.2) is 0 Å². The van der Waals surface area contributed by atoms with Gasteiger partial charge in [-0.25, -0.2) is 0 Å². The Labute approximate surface area is 53.0 Å². The van der Waals surface area contributed by atoms with Crippen LogP contribution in [0, 0.1) is 5.92 Å². The predicted octanol–water partition coefficient (Wildman–Crippen LogP) is 0.385. The Morgan fingerprint density at radius 3 is 2.38 bits per heavy atom. The Kier molecular flexibility index (Phi) is 5.73. The molecule has 0 aromatic heterocycles. The lowest BCUT2D eigenvalue weighted by molar-refractivity contribution is 0.651. The van der Waals surface area contributed by atoms with Crippen molar-refractivity contribution < 1.29 is 4.89 Å². The molecule has 2 atom stereocenters. The molecule has 1 fully saturated rings. The molecular weight excluding hydrogens is 121 g/mol. The molecule has 8 heavy (non-hydrogen) atoms. The maximum absolute atomic E-state index is 6.92. The predicted molar refractivity (Wildman–Crippen MR) is 38.6 cm³/mol. The van der Waals surface area contributed by atoms with Gasteiger partial charge in [-0.2, -0.15) is 0 Å². The van der Waals surface area contributed by atoms with Crippen molar-refractivity contribution in [2.24, 2.45) is 5.92 Å². The molecule has 2 nitrogen and oxygen atoms in total. The minimum atomic E-state index is 0.935. The molecular formula is C5H14NOP. The molecule has 0 radical (unpaired) electrons. The van der Waals surface area contributed by atoms with Gasteiger partial charge in [0.05, 0.1) is 0 Å². The molecule has 0 spiro atoms. The molecule has 1 aliphatic heterocycles. The van der Waals surface area contributed by atoms with Crippen molar-refractivity contribution in [3.63, 3.8) is 0 Å². The molecule has 0 amide bonds. The van der Waals surface area contributed by atoms with Gasteiger partial charge in [0.1, 0.15) is 0 Å². The van der Waals surface area contributed by atoms with Gasteiger partial charge in [-0.15, -0.1) is 0 Å². The molecule has 0 aromatic carbocycles. The highest BCUT2D eigenvalue weighted by Crippen LogP contribution is 2.03. The van der Waals surface area contributed by atoms with Crippen LogP contribution in [0.3, 0.4) is 0 Å². The van der Waals surface area contributed by atoms with E-state index in [2.05, 4.69) is 12.2 Å². The third-order valence-corrected chi connectivity index (χ3v) is 1.31. The van der Waals surface area contributed by atoms with Gasteiger partial charge in [0.25, 0.3) is 0 Å². The first-order chi connectivity index (χ1) is 3.89. The topological polar surface area (TPSA) is 32.3 Å². The normalized spacial score (nSPS) is 26.6. The number of rotatable bonds is 0. The van der Waals surface area contributed by atoms with Crippen LogP contribution in [0.2, 0.25) is 0 Å². The fourth-order valence-electron chi connectivity index (χ4n) is 0.799. The molecule has 0 bridgehead atoms. The minimum Gasteiger partial charge on any atom is -0.380 e. The molecule has 50 valence electrons. The lowest BCUT2D eigenvalue weighted by Gasteiger charge is -1.90. The molecule has 1 heterocycles. The zero-order valence-corrected chi connectivity index (χ0v) is 6.38. The van der Waals surface area contributed by atoms with E-state index in [9.17, 15) is 0 Å². The third kappa shape index (κ3) is 3.36. The Morgan fingerprint density at radius 2 is 2.25 bits per heavy atom. The van der Waals surface area contributed by atoms with Crippen LogP contribution in [-0.4, -0.2) is 18.0 Å². The van der Waals surface area contributed by atoms with Crippen LogP contribution in [0.5, 0.6) is 0 Å². The number of hydrogen-bond acceptors (Lipinski definition) is 2. The maximum Gasteiger partial charge on any atom is -0.00227 e. The van der Waals surface area contributed by atoms with Crippen LogP contribution < -0.4 is 5.32 Å². The summed E-state index contributed by atoms with van der Waals surface area (Å²) in [4.78, 5) is 6.92. The van der Waals surface area contributed by atoms with E-state index in [1.54, 1.807) is 0 Å². The average Bonchev–Trinajstić information content (AvgIpc) is 2.24. The van der Waals surface area contributed by atoms with Crippen LogP contribution in [0.25, 0.3) is 0 Å². The molecule has 3 heteroatoms. The first kappa shape index (κ1) is 8.35. The molecule has 2 N–H and O–H groups in total. The van der Waals surface area contributed by atoms with E-state index < -0.39 is 0 Å². The molecule has 0 aromatic rings. The van der Waals surface area contributed by atoms with E-state index in [0.717, 1.165) is 5.92 Å². The van der Waals surface area contributed by atoms with Gasteiger partial charge < -0.3 is 10.2 Å². The molecule has 2 unspecified atom stereocenters. The quantitative estimate of drug-likeness (QED) is 0.471. The molecule has 0 aliphatic carbocycles. The molecule has 0 saturated carbocycles. The monoisotopic (exact) mass is 135 g/mol. The Hall–Kier alpha value is 0.350. The summed E-state index contributed by atoms with van der Waals surface area (Å²) in [6.07, 6.45) is 1.38. The SMILES string of the molecule is CC1CCNC1.OP. The standard InChI is InChI=1S/C5H11N.H3OP/c1-5-2-3-6-4-5;1-2/h5-6H,2-4H2,1H3;1H,2H2. The van der Waals surface area contributed by atoms with Gasteiger partial charge in [-0.1, -0.05) is 6.92 Å². The summed E-state index contributed by atoms with van der Waals surface area (Å²) in [6.45, 7) is 4.75. The van der Waals surface area contributed by atoms with E-state index in [0.29, 0.717) is 0 Å². The van der Waals surface area contributed by atoms with Crippen LogP contribution in [0.1, 0.15) is 13.3 Å². The highest BCUT2D eigenvalue weighted by molar-refractivity contribution is 7.08. The third-order valence-electron chi connectivity index (χ3n) is 1.31. The lowest BCUT2D eigenvalue weighted by atomic mass is 10.2. The molecule has 1 saturated heterocycles.